The average molecular weight is 707 g/mol. The number of hydrogen-bond donors (Lipinski definition) is 0. The summed E-state index contributed by atoms with van der Waals surface area (Å²) in [4.78, 5) is 69.8. The van der Waals surface area contributed by atoms with Gasteiger partial charge in [-0.05, 0) is 11.1 Å². The zero-order valence-electron chi connectivity index (χ0n) is 28.6. The van der Waals surface area contributed by atoms with Gasteiger partial charge < -0.3 is 47.4 Å². The molecule has 16 heteroatoms. The van der Waals surface area contributed by atoms with Crippen LogP contribution < -0.4 is 0 Å². The van der Waals surface area contributed by atoms with Gasteiger partial charge >= 0.3 is 35.8 Å². The maximum atomic E-state index is 11.8. The third-order valence-corrected chi connectivity index (χ3v) is 6.95. The second-order valence-corrected chi connectivity index (χ2v) is 11.1. The molecule has 0 N–H and O–H groups in total. The number of benzene rings is 1. The summed E-state index contributed by atoms with van der Waals surface area (Å²) in [6.45, 7) is 6.72. The molecule has 0 bridgehead atoms. The molecule has 2 aliphatic rings. The Hall–Kier alpha value is -4.64. The van der Waals surface area contributed by atoms with E-state index < -0.39 is 85.0 Å². The zero-order chi connectivity index (χ0) is 36.8. The van der Waals surface area contributed by atoms with Crippen LogP contribution in [0.1, 0.15) is 52.7 Å². The molecular weight excluding hydrogens is 664 g/mol. The number of ether oxygens (including phenoxy) is 10. The molecule has 2 heterocycles. The summed E-state index contributed by atoms with van der Waals surface area (Å²) in [6.07, 6.45) is -1.47. The first-order valence-electron chi connectivity index (χ1n) is 15.7. The summed E-state index contributed by atoms with van der Waals surface area (Å²) >= 11 is 0. The van der Waals surface area contributed by atoms with Crippen molar-refractivity contribution in [2.24, 2.45) is 0 Å². The van der Waals surface area contributed by atoms with Gasteiger partial charge in [0.05, 0.1) is 13.2 Å². The Morgan fingerprint density at radius 1 is 0.540 bits per heavy atom. The topological polar surface area (TPSA) is 195 Å². The average Bonchev–Trinajstić information content (AvgIpc) is 3.50. The van der Waals surface area contributed by atoms with E-state index in [4.69, 9.17) is 47.4 Å². The molecule has 2 aliphatic heterocycles. The van der Waals surface area contributed by atoms with Crippen molar-refractivity contribution in [2.75, 3.05) is 26.4 Å². The van der Waals surface area contributed by atoms with Crippen molar-refractivity contribution in [1.29, 1.82) is 0 Å². The molecule has 8 atom stereocenters. The normalized spacial score (nSPS) is 26.0. The van der Waals surface area contributed by atoms with Crippen molar-refractivity contribution < 1.29 is 76.1 Å². The summed E-state index contributed by atoms with van der Waals surface area (Å²) in [5.74, 6) is -3.72. The molecule has 0 aliphatic carbocycles. The Balaban J connectivity index is 1.64. The fourth-order valence-corrected chi connectivity index (χ4v) is 5.09. The van der Waals surface area contributed by atoms with E-state index in [9.17, 15) is 28.8 Å². The van der Waals surface area contributed by atoms with E-state index in [0.29, 0.717) is 0 Å². The second-order valence-electron chi connectivity index (χ2n) is 11.1. The van der Waals surface area contributed by atoms with Crippen LogP contribution >= 0.6 is 0 Å². The lowest BCUT2D eigenvalue weighted by Crippen LogP contribution is -2.41. The van der Waals surface area contributed by atoms with Crippen LogP contribution in [0.2, 0.25) is 0 Å². The predicted octanol–water partition coefficient (Wildman–Crippen LogP) is 2.05. The molecule has 3 rings (SSSR count). The summed E-state index contributed by atoms with van der Waals surface area (Å²) in [7, 11) is 0. The van der Waals surface area contributed by atoms with Crippen LogP contribution in [0.15, 0.2) is 36.4 Å². The predicted molar refractivity (Wildman–Crippen MR) is 169 cm³/mol. The van der Waals surface area contributed by atoms with E-state index in [1.807, 2.05) is 24.3 Å². The molecule has 50 heavy (non-hydrogen) atoms. The molecular formula is C34H42O16. The number of carbonyl (C=O) groups is 6. The van der Waals surface area contributed by atoms with E-state index in [-0.39, 0.29) is 26.4 Å². The van der Waals surface area contributed by atoms with Crippen molar-refractivity contribution in [3.05, 3.63) is 47.5 Å². The maximum absolute atomic E-state index is 11.8. The molecule has 0 amide bonds. The summed E-state index contributed by atoms with van der Waals surface area (Å²) in [6, 6.07) is 7.39. The lowest BCUT2D eigenvalue weighted by atomic mass is 10.1. The Labute approximate surface area is 288 Å². The van der Waals surface area contributed by atoms with Crippen LogP contribution in [0.5, 0.6) is 0 Å². The van der Waals surface area contributed by atoms with Crippen LogP contribution in [0, 0.1) is 0 Å². The third-order valence-electron chi connectivity index (χ3n) is 6.95. The fourth-order valence-electron chi connectivity index (χ4n) is 5.09. The van der Waals surface area contributed by atoms with Crippen LogP contribution in [-0.4, -0.2) is 111 Å². The first kappa shape index (κ1) is 39.8. The van der Waals surface area contributed by atoms with E-state index in [1.165, 1.54) is 41.5 Å². The van der Waals surface area contributed by atoms with Gasteiger partial charge in [-0.25, -0.2) is 0 Å². The van der Waals surface area contributed by atoms with Gasteiger partial charge in [0.1, 0.15) is 25.4 Å². The van der Waals surface area contributed by atoms with Crippen LogP contribution in [0.3, 0.4) is 0 Å². The molecule has 0 radical (unpaired) electrons. The molecule has 2 saturated heterocycles. The molecule has 16 nitrogen and oxygen atoms in total. The quantitative estimate of drug-likeness (QED) is 0.179. The Bertz CT molecular complexity index is 1310. The number of esters is 6. The largest absolute Gasteiger partial charge is 0.463 e. The molecule has 2 unspecified atom stereocenters. The smallest absolute Gasteiger partial charge is 0.303 e. The second kappa shape index (κ2) is 19.5. The minimum atomic E-state index is -1.12. The van der Waals surface area contributed by atoms with Gasteiger partial charge in [0.2, 0.25) is 0 Å². The first-order chi connectivity index (χ1) is 23.7. The van der Waals surface area contributed by atoms with Crippen LogP contribution in [0.25, 0.3) is 12.2 Å². The van der Waals surface area contributed by atoms with Gasteiger partial charge in [-0.3, -0.25) is 28.8 Å². The van der Waals surface area contributed by atoms with Crippen LogP contribution in [-0.2, 0) is 76.1 Å². The minimum absolute atomic E-state index is 0.00519. The highest BCUT2D eigenvalue weighted by atomic mass is 16.7. The lowest BCUT2D eigenvalue weighted by Gasteiger charge is -2.23. The summed E-state index contributed by atoms with van der Waals surface area (Å²) in [5, 5.41) is 0. The molecule has 274 valence electrons. The molecule has 0 aromatic heterocycles. The Kier molecular flexibility index (Phi) is 15.5. The summed E-state index contributed by atoms with van der Waals surface area (Å²) < 4.78 is 54.7. The first-order valence-corrected chi connectivity index (χ1v) is 15.7. The van der Waals surface area contributed by atoms with Gasteiger partial charge in [0.15, 0.2) is 37.0 Å². The van der Waals surface area contributed by atoms with Crippen molar-refractivity contribution >= 4 is 48.0 Å². The van der Waals surface area contributed by atoms with Crippen molar-refractivity contribution in [3.8, 4) is 0 Å². The monoisotopic (exact) mass is 706 g/mol. The van der Waals surface area contributed by atoms with E-state index in [2.05, 4.69) is 0 Å². The van der Waals surface area contributed by atoms with Crippen LogP contribution in [0.4, 0.5) is 0 Å². The third kappa shape index (κ3) is 12.7. The highest BCUT2D eigenvalue weighted by Crippen LogP contribution is 2.30. The zero-order valence-corrected chi connectivity index (χ0v) is 28.6. The van der Waals surface area contributed by atoms with Gasteiger partial charge in [-0.1, -0.05) is 48.6 Å². The number of rotatable bonds is 16. The van der Waals surface area contributed by atoms with Crippen molar-refractivity contribution in [2.45, 2.75) is 90.7 Å². The van der Waals surface area contributed by atoms with Gasteiger partial charge in [0, 0.05) is 41.5 Å². The Morgan fingerprint density at radius 2 is 0.880 bits per heavy atom. The van der Waals surface area contributed by atoms with Gasteiger partial charge in [0.25, 0.3) is 0 Å². The molecule has 2 fully saturated rings. The number of hydrogen-bond acceptors (Lipinski definition) is 16. The lowest BCUT2D eigenvalue weighted by molar-refractivity contribution is -0.186. The van der Waals surface area contributed by atoms with Crippen molar-refractivity contribution in [1.82, 2.24) is 0 Å². The van der Waals surface area contributed by atoms with E-state index in [0.717, 1.165) is 11.1 Å². The highest BCUT2D eigenvalue weighted by Gasteiger charge is 2.51. The molecule has 0 saturated carbocycles. The number of carbonyl (C=O) groups excluding carboxylic acids is 6. The maximum Gasteiger partial charge on any atom is 0.303 e. The van der Waals surface area contributed by atoms with Gasteiger partial charge in [-0.15, -0.1) is 0 Å². The SMILES string of the molecule is CC(=O)OC[C@H]1OC(OC/C=C/c2ccccc2/C=C/COC2O[C@H](COC(C)=O)[C@@H](OC(C)=O)[C@H]2OC(C)=O)[C@H](OC(C)=O)[C@@H]1OC(C)=O. The van der Waals surface area contributed by atoms with Gasteiger partial charge in [-0.2, -0.15) is 0 Å². The van der Waals surface area contributed by atoms with E-state index >= 15 is 0 Å². The Morgan fingerprint density at radius 3 is 1.20 bits per heavy atom. The fraction of sp³-hybridized carbons (Fsp3) is 0.529. The van der Waals surface area contributed by atoms with Crippen molar-refractivity contribution in [3.63, 3.8) is 0 Å². The highest BCUT2D eigenvalue weighted by molar-refractivity contribution is 5.69. The summed E-state index contributed by atoms with van der Waals surface area (Å²) in [5.41, 5.74) is 1.60. The minimum Gasteiger partial charge on any atom is -0.463 e. The standard InChI is InChI=1S/C34H42O16/c1-19(35)43-17-27-29(45-21(3)37)31(47-23(5)39)33(49-27)41-15-9-13-25-11-7-8-12-26(25)14-10-16-42-34-32(48-24(6)40)30(46-22(4)38)28(50-34)18-44-20(2)36/h7-14,27-34H,15-18H2,1-6H3/b13-9+,14-10+/t27-,28-,29-,30-,31-,32-,33?,34?/m1/s1. The van der Waals surface area contributed by atoms with E-state index in [1.54, 1.807) is 24.3 Å². The molecule has 0 spiro atoms. The molecule has 1 aromatic carbocycles. The molecule has 1 aromatic rings.